The molecule has 13 heavy (non-hydrogen) atoms. The average Bonchev–Trinajstić information content (AvgIpc) is 2.21. The van der Waals surface area contributed by atoms with E-state index in [1.807, 2.05) is 13.0 Å². The van der Waals surface area contributed by atoms with Gasteiger partial charge in [0.05, 0.1) is 11.6 Å². The number of carbonyl (C=O) groups is 1. The Kier molecular flexibility index (Phi) is 3.04. The Bertz CT molecular complexity index is 324. The van der Waals surface area contributed by atoms with Crippen molar-refractivity contribution in [2.75, 3.05) is 11.4 Å². The van der Waals surface area contributed by atoms with Gasteiger partial charge in [-0.15, -0.1) is 0 Å². The molecule has 66 valence electrons. The SMILES string of the molecule is CCN(C=O)c1ccc(C#N)cc1. The Morgan fingerprint density at radius 2 is 2.08 bits per heavy atom. The van der Waals surface area contributed by atoms with Crippen LogP contribution < -0.4 is 4.90 Å². The third-order valence-electron chi connectivity index (χ3n) is 1.80. The molecule has 0 atom stereocenters. The van der Waals surface area contributed by atoms with Gasteiger partial charge >= 0.3 is 0 Å². The van der Waals surface area contributed by atoms with Crippen LogP contribution in [0.2, 0.25) is 0 Å². The molecule has 0 spiro atoms. The number of hydrogen-bond acceptors (Lipinski definition) is 2. The highest BCUT2D eigenvalue weighted by atomic mass is 16.1. The van der Waals surface area contributed by atoms with Gasteiger partial charge in [0.25, 0.3) is 0 Å². The van der Waals surface area contributed by atoms with Crippen molar-refractivity contribution in [3.63, 3.8) is 0 Å². The van der Waals surface area contributed by atoms with Gasteiger partial charge in [-0.05, 0) is 31.2 Å². The van der Waals surface area contributed by atoms with Crippen molar-refractivity contribution in [2.45, 2.75) is 6.92 Å². The maximum absolute atomic E-state index is 10.6. The van der Waals surface area contributed by atoms with Gasteiger partial charge in [0, 0.05) is 12.2 Å². The van der Waals surface area contributed by atoms with Crippen LogP contribution in [0.25, 0.3) is 0 Å². The summed E-state index contributed by atoms with van der Waals surface area (Å²) in [4.78, 5) is 12.1. The van der Waals surface area contributed by atoms with Crippen LogP contribution in [0, 0.1) is 11.3 Å². The predicted octanol–water partition coefficient (Wildman–Crippen LogP) is 1.54. The first kappa shape index (κ1) is 9.27. The van der Waals surface area contributed by atoms with Crippen molar-refractivity contribution in [1.29, 1.82) is 5.26 Å². The van der Waals surface area contributed by atoms with Crippen LogP contribution in [0.3, 0.4) is 0 Å². The highest BCUT2D eigenvalue weighted by molar-refractivity contribution is 5.74. The lowest BCUT2D eigenvalue weighted by Gasteiger charge is -2.14. The zero-order chi connectivity index (χ0) is 9.68. The Morgan fingerprint density at radius 3 is 2.46 bits per heavy atom. The minimum atomic E-state index is 0.603. The topological polar surface area (TPSA) is 44.1 Å². The number of rotatable bonds is 3. The molecule has 0 saturated heterocycles. The second kappa shape index (κ2) is 4.27. The van der Waals surface area contributed by atoms with E-state index >= 15 is 0 Å². The molecule has 0 aliphatic carbocycles. The molecule has 0 saturated carbocycles. The van der Waals surface area contributed by atoms with Crippen LogP contribution in [0.5, 0.6) is 0 Å². The van der Waals surface area contributed by atoms with Crippen LogP contribution in [0.1, 0.15) is 12.5 Å². The first-order chi connectivity index (χ1) is 6.31. The summed E-state index contributed by atoms with van der Waals surface area (Å²) in [5.74, 6) is 0. The van der Waals surface area contributed by atoms with Crippen molar-refractivity contribution in [3.05, 3.63) is 29.8 Å². The summed E-state index contributed by atoms with van der Waals surface area (Å²) >= 11 is 0. The second-order valence-corrected chi connectivity index (χ2v) is 2.55. The standard InChI is InChI=1S/C10H10N2O/c1-2-12(8-13)10-5-3-9(7-11)4-6-10/h3-6,8H,2H2,1H3. The zero-order valence-electron chi connectivity index (χ0n) is 7.40. The summed E-state index contributed by atoms with van der Waals surface area (Å²) in [5.41, 5.74) is 1.42. The van der Waals surface area contributed by atoms with Crippen LogP contribution in [-0.4, -0.2) is 13.0 Å². The fraction of sp³-hybridized carbons (Fsp3) is 0.200. The molecule has 0 radical (unpaired) electrons. The van der Waals surface area contributed by atoms with Crippen LogP contribution in [0.15, 0.2) is 24.3 Å². The molecule has 0 unspecified atom stereocenters. The molecule has 0 heterocycles. The lowest BCUT2D eigenvalue weighted by Crippen LogP contribution is -2.19. The minimum absolute atomic E-state index is 0.603. The van der Waals surface area contributed by atoms with E-state index in [0.29, 0.717) is 12.1 Å². The van der Waals surface area contributed by atoms with Gasteiger partial charge in [0.2, 0.25) is 6.41 Å². The van der Waals surface area contributed by atoms with E-state index in [2.05, 4.69) is 0 Å². The summed E-state index contributed by atoms with van der Waals surface area (Å²) in [6, 6.07) is 8.93. The van der Waals surface area contributed by atoms with E-state index in [0.717, 1.165) is 12.1 Å². The summed E-state index contributed by atoms with van der Waals surface area (Å²) in [5, 5.41) is 8.55. The Hall–Kier alpha value is -1.82. The molecule has 3 heteroatoms. The van der Waals surface area contributed by atoms with Crippen molar-refractivity contribution < 1.29 is 4.79 Å². The number of benzene rings is 1. The maximum Gasteiger partial charge on any atom is 0.214 e. The molecule has 1 rings (SSSR count). The van der Waals surface area contributed by atoms with Gasteiger partial charge < -0.3 is 4.90 Å². The number of nitrogens with zero attached hydrogens (tertiary/aromatic N) is 2. The van der Waals surface area contributed by atoms with Crippen LogP contribution in [-0.2, 0) is 4.79 Å². The van der Waals surface area contributed by atoms with E-state index in [9.17, 15) is 4.79 Å². The maximum atomic E-state index is 10.6. The van der Waals surface area contributed by atoms with Gasteiger partial charge in [-0.3, -0.25) is 4.79 Å². The zero-order valence-corrected chi connectivity index (χ0v) is 7.40. The first-order valence-corrected chi connectivity index (χ1v) is 4.04. The third kappa shape index (κ3) is 2.06. The molecular weight excluding hydrogens is 164 g/mol. The third-order valence-corrected chi connectivity index (χ3v) is 1.80. The van der Waals surface area contributed by atoms with Gasteiger partial charge in [0.15, 0.2) is 0 Å². The molecular formula is C10H10N2O. The quantitative estimate of drug-likeness (QED) is 0.652. The Morgan fingerprint density at radius 1 is 1.46 bits per heavy atom. The largest absolute Gasteiger partial charge is 0.315 e. The molecule has 0 aliphatic heterocycles. The van der Waals surface area contributed by atoms with E-state index in [1.165, 1.54) is 0 Å². The van der Waals surface area contributed by atoms with E-state index in [4.69, 9.17) is 5.26 Å². The Balaban J connectivity index is 2.91. The molecule has 1 aromatic carbocycles. The number of anilines is 1. The highest BCUT2D eigenvalue weighted by Crippen LogP contribution is 2.12. The van der Waals surface area contributed by atoms with Crippen LogP contribution in [0.4, 0.5) is 5.69 Å². The van der Waals surface area contributed by atoms with Gasteiger partial charge in [-0.2, -0.15) is 5.26 Å². The lowest BCUT2D eigenvalue weighted by molar-refractivity contribution is -0.107. The summed E-state index contributed by atoms with van der Waals surface area (Å²) in [6.07, 6.45) is 0.779. The average molecular weight is 174 g/mol. The minimum Gasteiger partial charge on any atom is -0.315 e. The van der Waals surface area contributed by atoms with E-state index in [-0.39, 0.29) is 0 Å². The molecule has 0 aliphatic rings. The molecule has 1 amide bonds. The first-order valence-electron chi connectivity index (χ1n) is 4.04. The fourth-order valence-corrected chi connectivity index (χ4v) is 1.05. The summed E-state index contributed by atoms with van der Waals surface area (Å²) < 4.78 is 0. The molecule has 3 nitrogen and oxygen atoms in total. The van der Waals surface area contributed by atoms with Gasteiger partial charge in [-0.1, -0.05) is 0 Å². The number of nitriles is 1. The molecule has 0 fully saturated rings. The Labute approximate surface area is 77.2 Å². The van der Waals surface area contributed by atoms with Gasteiger partial charge in [0.1, 0.15) is 0 Å². The number of hydrogen-bond donors (Lipinski definition) is 0. The predicted molar refractivity (Wildman–Crippen MR) is 50.2 cm³/mol. The van der Waals surface area contributed by atoms with Crippen molar-refractivity contribution >= 4 is 12.1 Å². The molecule has 0 aromatic heterocycles. The summed E-state index contributed by atoms with van der Waals surface area (Å²) in [7, 11) is 0. The van der Waals surface area contributed by atoms with Gasteiger partial charge in [-0.25, -0.2) is 0 Å². The highest BCUT2D eigenvalue weighted by Gasteiger charge is 2.00. The van der Waals surface area contributed by atoms with Crippen molar-refractivity contribution in [1.82, 2.24) is 0 Å². The molecule has 0 bridgehead atoms. The van der Waals surface area contributed by atoms with E-state index < -0.39 is 0 Å². The summed E-state index contributed by atoms with van der Waals surface area (Å²) in [6.45, 7) is 2.53. The van der Waals surface area contributed by atoms with E-state index in [1.54, 1.807) is 29.2 Å². The second-order valence-electron chi connectivity index (χ2n) is 2.55. The fourth-order valence-electron chi connectivity index (χ4n) is 1.05. The lowest BCUT2D eigenvalue weighted by atomic mass is 10.2. The number of amides is 1. The molecule has 1 aromatic rings. The van der Waals surface area contributed by atoms with Crippen molar-refractivity contribution in [3.8, 4) is 6.07 Å². The monoisotopic (exact) mass is 174 g/mol. The van der Waals surface area contributed by atoms with Crippen molar-refractivity contribution in [2.24, 2.45) is 0 Å². The number of carbonyl (C=O) groups excluding carboxylic acids is 1. The smallest absolute Gasteiger partial charge is 0.214 e. The normalized spacial score (nSPS) is 8.92. The molecule has 0 N–H and O–H groups in total. The van der Waals surface area contributed by atoms with Crippen LogP contribution >= 0.6 is 0 Å².